The third kappa shape index (κ3) is 3.08. The van der Waals surface area contributed by atoms with Crippen LogP contribution in [-0.2, 0) is 11.8 Å². The molecule has 5 heteroatoms. The van der Waals surface area contributed by atoms with Gasteiger partial charge in [-0.25, -0.2) is 0 Å². The summed E-state index contributed by atoms with van der Waals surface area (Å²) in [6, 6.07) is 16.8. The number of aryl methyl sites for hydroxylation is 1. The SMILES string of the molecule is CC(=O)Nc1cccc(NC(=O)c2cc3ccccc3n2C)c1. The summed E-state index contributed by atoms with van der Waals surface area (Å²) >= 11 is 0. The highest BCUT2D eigenvalue weighted by Crippen LogP contribution is 2.20. The molecule has 1 aromatic heterocycles. The molecule has 5 nitrogen and oxygen atoms in total. The Morgan fingerprint density at radius 3 is 2.30 bits per heavy atom. The Balaban J connectivity index is 1.86. The topological polar surface area (TPSA) is 63.1 Å². The first-order valence-electron chi connectivity index (χ1n) is 7.28. The third-order valence-corrected chi connectivity index (χ3v) is 3.63. The van der Waals surface area contributed by atoms with Gasteiger partial charge in [0.15, 0.2) is 0 Å². The lowest BCUT2D eigenvalue weighted by molar-refractivity contribution is -0.114. The maximum atomic E-state index is 12.5. The fraction of sp³-hybridized carbons (Fsp3) is 0.111. The standard InChI is InChI=1S/C18H17N3O2/c1-12(22)19-14-7-5-8-15(11-14)20-18(23)17-10-13-6-3-4-9-16(13)21(17)2/h3-11H,1-2H3,(H,19,22)(H,20,23). The molecule has 0 aliphatic carbocycles. The molecular weight excluding hydrogens is 290 g/mol. The number of carbonyl (C=O) groups is 2. The van der Waals surface area contributed by atoms with Crippen LogP contribution in [0, 0.1) is 0 Å². The van der Waals surface area contributed by atoms with Gasteiger partial charge in [-0.15, -0.1) is 0 Å². The monoisotopic (exact) mass is 307 g/mol. The smallest absolute Gasteiger partial charge is 0.272 e. The largest absolute Gasteiger partial charge is 0.340 e. The van der Waals surface area contributed by atoms with Crippen molar-refractivity contribution in [2.24, 2.45) is 7.05 Å². The van der Waals surface area contributed by atoms with E-state index >= 15 is 0 Å². The molecule has 23 heavy (non-hydrogen) atoms. The van der Waals surface area contributed by atoms with Crippen molar-refractivity contribution in [3.05, 3.63) is 60.3 Å². The van der Waals surface area contributed by atoms with Gasteiger partial charge < -0.3 is 15.2 Å². The molecule has 0 spiro atoms. The number of anilines is 2. The predicted octanol–water partition coefficient (Wildman–Crippen LogP) is 3.39. The van der Waals surface area contributed by atoms with E-state index in [1.807, 2.05) is 41.9 Å². The lowest BCUT2D eigenvalue weighted by atomic mass is 10.2. The van der Waals surface area contributed by atoms with Crippen LogP contribution in [0.2, 0.25) is 0 Å². The van der Waals surface area contributed by atoms with E-state index in [9.17, 15) is 9.59 Å². The second-order valence-corrected chi connectivity index (χ2v) is 5.36. The molecule has 2 amide bonds. The Kier molecular flexibility index (Phi) is 3.85. The van der Waals surface area contributed by atoms with E-state index in [4.69, 9.17) is 0 Å². The zero-order valence-electron chi connectivity index (χ0n) is 13.0. The van der Waals surface area contributed by atoms with Crippen molar-refractivity contribution in [3.63, 3.8) is 0 Å². The van der Waals surface area contributed by atoms with Crippen LogP contribution < -0.4 is 10.6 Å². The number of benzene rings is 2. The quantitative estimate of drug-likeness (QED) is 0.779. The van der Waals surface area contributed by atoms with Gasteiger partial charge in [-0.2, -0.15) is 0 Å². The van der Waals surface area contributed by atoms with E-state index in [1.54, 1.807) is 24.3 Å². The minimum Gasteiger partial charge on any atom is -0.340 e. The molecule has 0 saturated carbocycles. The summed E-state index contributed by atoms with van der Waals surface area (Å²) in [4.78, 5) is 23.6. The Hall–Kier alpha value is -3.08. The first kappa shape index (κ1) is 14.8. The van der Waals surface area contributed by atoms with Gasteiger partial charge in [-0.3, -0.25) is 9.59 Å². The van der Waals surface area contributed by atoms with E-state index in [2.05, 4.69) is 10.6 Å². The van der Waals surface area contributed by atoms with Gasteiger partial charge in [0.05, 0.1) is 0 Å². The summed E-state index contributed by atoms with van der Waals surface area (Å²) in [5.41, 5.74) is 2.86. The van der Waals surface area contributed by atoms with E-state index in [0.717, 1.165) is 10.9 Å². The number of carbonyl (C=O) groups excluding carboxylic acids is 2. The summed E-state index contributed by atoms with van der Waals surface area (Å²) < 4.78 is 1.86. The molecule has 0 fully saturated rings. The van der Waals surface area contributed by atoms with Crippen molar-refractivity contribution in [2.75, 3.05) is 10.6 Å². The van der Waals surface area contributed by atoms with Crippen LogP contribution in [-0.4, -0.2) is 16.4 Å². The maximum absolute atomic E-state index is 12.5. The highest BCUT2D eigenvalue weighted by atomic mass is 16.2. The Labute approximate surface area is 133 Å². The fourth-order valence-electron chi connectivity index (χ4n) is 2.58. The zero-order chi connectivity index (χ0) is 16.4. The summed E-state index contributed by atoms with van der Waals surface area (Å²) in [6.45, 7) is 1.45. The summed E-state index contributed by atoms with van der Waals surface area (Å²) in [5.74, 6) is -0.342. The van der Waals surface area contributed by atoms with Gasteiger partial charge in [0, 0.05) is 36.2 Å². The second-order valence-electron chi connectivity index (χ2n) is 5.36. The summed E-state index contributed by atoms with van der Waals surface area (Å²) in [5, 5.41) is 6.58. The molecule has 0 saturated heterocycles. The number of aromatic nitrogens is 1. The van der Waals surface area contributed by atoms with Gasteiger partial charge in [-0.1, -0.05) is 24.3 Å². The van der Waals surface area contributed by atoms with Crippen LogP contribution in [0.25, 0.3) is 10.9 Å². The number of hydrogen-bond acceptors (Lipinski definition) is 2. The Morgan fingerprint density at radius 1 is 0.913 bits per heavy atom. The Morgan fingerprint density at radius 2 is 1.61 bits per heavy atom. The number of fused-ring (bicyclic) bond motifs is 1. The first-order chi connectivity index (χ1) is 11.0. The third-order valence-electron chi connectivity index (χ3n) is 3.63. The van der Waals surface area contributed by atoms with Gasteiger partial charge in [-0.05, 0) is 30.3 Å². The molecule has 0 aliphatic heterocycles. The van der Waals surface area contributed by atoms with Crippen molar-refractivity contribution in [3.8, 4) is 0 Å². The van der Waals surface area contributed by atoms with Crippen LogP contribution in [0.1, 0.15) is 17.4 Å². The lowest BCUT2D eigenvalue weighted by Gasteiger charge is -2.08. The normalized spacial score (nSPS) is 10.5. The van der Waals surface area contributed by atoms with Gasteiger partial charge in [0.2, 0.25) is 5.91 Å². The molecule has 3 rings (SSSR count). The number of hydrogen-bond donors (Lipinski definition) is 2. The average molecular weight is 307 g/mol. The van der Waals surface area contributed by atoms with Crippen LogP contribution in [0.5, 0.6) is 0 Å². The highest BCUT2D eigenvalue weighted by molar-refractivity contribution is 6.06. The lowest BCUT2D eigenvalue weighted by Crippen LogP contribution is -2.15. The Bertz CT molecular complexity index is 896. The molecule has 2 N–H and O–H groups in total. The van der Waals surface area contributed by atoms with E-state index < -0.39 is 0 Å². The average Bonchev–Trinajstić information content (AvgIpc) is 2.85. The highest BCUT2D eigenvalue weighted by Gasteiger charge is 2.13. The van der Waals surface area contributed by atoms with Crippen LogP contribution in [0.3, 0.4) is 0 Å². The van der Waals surface area contributed by atoms with Crippen LogP contribution in [0.15, 0.2) is 54.6 Å². The van der Waals surface area contributed by atoms with E-state index in [0.29, 0.717) is 17.1 Å². The molecule has 116 valence electrons. The zero-order valence-corrected chi connectivity index (χ0v) is 13.0. The van der Waals surface area contributed by atoms with Gasteiger partial charge in [0.25, 0.3) is 5.91 Å². The number of amides is 2. The van der Waals surface area contributed by atoms with E-state index in [-0.39, 0.29) is 11.8 Å². The molecule has 1 heterocycles. The number of rotatable bonds is 3. The van der Waals surface area contributed by atoms with Crippen LogP contribution >= 0.6 is 0 Å². The number of nitrogens with one attached hydrogen (secondary N) is 2. The van der Waals surface area contributed by atoms with Crippen molar-refractivity contribution in [1.82, 2.24) is 4.57 Å². The van der Waals surface area contributed by atoms with Crippen LogP contribution in [0.4, 0.5) is 11.4 Å². The minimum absolute atomic E-state index is 0.151. The number of nitrogens with zero attached hydrogens (tertiary/aromatic N) is 1. The molecular formula is C18H17N3O2. The summed E-state index contributed by atoms with van der Waals surface area (Å²) in [7, 11) is 1.87. The van der Waals surface area contributed by atoms with Gasteiger partial charge >= 0.3 is 0 Å². The first-order valence-corrected chi connectivity index (χ1v) is 7.28. The molecule has 0 radical (unpaired) electrons. The molecule has 3 aromatic rings. The maximum Gasteiger partial charge on any atom is 0.272 e. The minimum atomic E-state index is -0.191. The molecule has 0 aliphatic rings. The second kappa shape index (κ2) is 5.96. The van der Waals surface area contributed by atoms with Crippen molar-refractivity contribution >= 4 is 34.1 Å². The fourth-order valence-corrected chi connectivity index (χ4v) is 2.58. The van der Waals surface area contributed by atoms with Crippen molar-refractivity contribution in [2.45, 2.75) is 6.92 Å². The number of para-hydroxylation sites is 1. The van der Waals surface area contributed by atoms with Crippen molar-refractivity contribution < 1.29 is 9.59 Å². The molecule has 2 aromatic carbocycles. The van der Waals surface area contributed by atoms with Gasteiger partial charge in [0.1, 0.15) is 5.69 Å². The molecule has 0 unspecified atom stereocenters. The molecule has 0 bridgehead atoms. The predicted molar refractivity (Wildman–Crippen MR) is 91.6 cm³/mol. The molecule has 0 atom stereocenters. The summed E-state index contributed by atoms with van der Waals surface area (Å²) in [6.07, 6.45) is 0. The van der Waals surface area contributed by atoms with E-state index in [1.165, 1.54) is 6.92 Å². The van der Waals surface area contributed by atoms with Crippen molar-refractivity contribution in [1.29, 1.82) is 0 Å².